The third-order valence-electron chi connectivity index (χ3n) is 3.02. The highest BCUT2D eigenvalue weighted by atomic mass is 32.2. The second-order valence-electron chi connectivity index (χ2n) is 4.41. The molecule has 0 aromatic carbocycles. The van der Waals surface area contributed by atoms with Gasteiger partial charge in [-0.2, -0.15) is 0 Å². The minimum Gasteiger partial charge on any atom is -0.477 e. The molecule has 0 saturated carbocycles. The van der Waals surface area contributed by atoms with E-state index in [1.165, 1.54) is 12.1 Å². The number of hydrogen-bond acceptors (Lipinski definition) is 6. The van der Waals surface area contributed by atoms with E-state index < -0.39 is 31.1 Å². The standard InChI is InChI=1S/C10H13NO6S3/c12-10(13)8-3-4-9(18-8)20(16,17)11-6-7-2-1-5-19(7,14)15/h3-4,7,11H,1-2,5-6H2,(H,12,13). The highest BCUT2D eigenvalue weighted by Crippen LogP contribution is 2.23. The molecule has 0 bridgehead atoms. The molecule has 2 rings (SSSR count). The normalized spacial score (nSPS) is 21.9. The van der Waals surface area contributed by atoms with Crippen LogP contribution in [0.3, 0.4) is 0 Å². The Labute approximate surface area is 120 Å². The predicted molar refractivity (Wildman–Crippen MR) is 73.3 cm³/mol. The largest absolute Gasteiger partial charge is 0.477 e. The molecular weight excluding hydrogens is 326 g/mol. The first-order valence-electron chi connectivity index (χ1n) is 5.77. The summed E-state index contributed by atoms with van der Waals surface area (Å²) in [6.45, 7) is -0.176. The van der Waals surface area contributed by atoms with Crippen molar-refractivity contribution in [1.82, 2.24) is 4.72 Å². The van der Waals surface area contributed by atoms with E-state index in [9.17, 15) is 21.6 Å². The maximum absolute atomic E-state index is 11.9. The molecule has 1 aromatic rings. The Bertz CT molecular complexity index is 718. The number of thiophene rings is 1. The molecule has 1 aliphatic rings. The Balaban J connectivity index is 2.09. The second kappa shape index (κ2) is 5.43. The lowest BCUT2D eigenvalue weighted by atomic mass is 10.2. The van der Waals surface area contributed by atoms with Crippen molar-refractivity contribution >= 4 is 37.2 Å². The highest BCUT2D eigenvalue weighted by Gasteiger charge is 2.32. The van der Waals surface area contributed by atoms with Gasteiger partial charge in [-0.3, -0.25) is 0 Å². The molecule has 1 saturated heterocycles. The molecule has 0 radical (unpaired) electrons. The number of hydrogen-bond donors (Lipinski definition) is 2. The third kappa shape index (κ3) is 3.19. The highest BCUT2D eigenvalue weighted by molar-refractivity contribution is 7.93. The summed E-state index contributed by atoms with van der Waals surface area (Å²) in [5, 5.41) is 8.05. The Hall–Kier alpha value is -0.970. The van der Waals surface area contributed by atoms with Crippen LogP contribution in [0.2, 0.25) is 0 Å². The maximum atomic E-state index is 11.9. The Kier molecular flexibility index (Phi) is 4.19. The zero-order valence-electron chi connectivity index (χ0n) is 10.3. The van der Waals surface area contributed by atoms with E-state index in [1.807, 2.05) is 0 Å². The smallest absolute Gasteiger partial charge is 0.345 e. The summed E-state index contributed by atoms with van der Waals surface area (Å²) in [4.78, 5) is 10.6. The SMILES string of the molecule is O=C(O)c1ccc(S(=O)(=O)NCC2CCCS2(=O)=O)s1. The van der Waals surface area contributed by atoms with Crippen molar-refractivity contribution in [1.29, 1.82) is 0 Å². The number of carboxylic acid groups (broad SMARTS) is 1. The molecule has 0 spiro atoms. The summed E-state index contributed by atoms with van der Waals surface area (Å²) in [5.74, 6) is -1.11. The maximum Gasteiger partial charge on any atom is 0.345 e. The number of sulfone groups is 1. The molecule has 1 unspecified atom stereocenters. The van der Waals surface area contributed by atoms with Crippen molar-refractivity contribution in [2.45, 2.75) is 22.3 Å². The first-order valence-corrected chi connectivity index (χ1v) is 9.78. The number of nitrogens with one attached hydrogen (secondary N) is 1. The number of rotatable bonds is 5. The number of carbonyl (C=O) groups is 1. The summed E-state index contributed by atoms with van der Waals surface area (Å²) in [7, 11) is -7.09. The molecule has 10 heteroatoms. The monoisotopic (exact) mass is 339 g/mol. The molecule has 1 fully saturated rings. The lowest BCUT2D eigenvalue weighted by molar-refractivity contribution is 0.0702. The zero-order chi connectivity index (χ0) is 15.0. The summed E-state index contributed by atoms with van der Waals surface area (Å²) < 4.78 is 49.2. The van der Waals surface area contributed by atoms with Gasteiger partial charge in [-0.15, -0.1) is 11.3 Å². The third-order valence-corrected chi connectivity index (χ3v) is 8.29. The minimum atomic E-state index is -3.87. The number of aromatic carboxylic acids is 1. The quantitative estimate of drug-likeness (QED) is 0.797. The molecule has 20 heavy (non-hydrogen) atoms. The fraction of sp³-hybridized carbons (Fsp3) is 0.500. The van der Waals surface area contributed by atoms with E-state index in [2.05, 4.69) is 4.72 Å². The van der Waals surface area contributed by atoms with Gasteiger partial charge in [0, 0.05) is 6.54 Å². The van der Waals surface area contributed by atoms with Gasteiger partial charge in [0.15, 0.2) is 9.84 Å². The molecule has 1 atom stereocenters. The van der Waals surface area contributed by atoms with Crippen LogP contribution in [0.1, 0.15) is 22.5 Å². The fourth-order valence-electron chi connectivity index (χ4n) is 1.94. The molecule has 1 aliphatic heterocycles. The molecule has 2 N–H and O–H groups in total. The predicted octanol–water partition coefficient (Wildman–Crippen LogP) is 0.302. The average Bonchev–Trinajstić information content (AvgIpc) is 2.93. The van der Waals surface area contributed by atoms with Crippen LogP contribution in [0.5, 0.6) is 0 Å². The van der Waals surface area contributed by atoms with Gasteiger partial charge in [0.25, 0.3) is 0 Å². The lowest BCUT2D eigenvalue weighted by Crippen LogP contribution is -2.34. The van der Waals surface area contributed by atoms with Crippen molar-refractivity contribution in [2.75, 3.05) is 12.3 Å². The van der Waals surface area contributed by atoms with Crippen LogP contribution >= 0.6 is 11.3 Å². The summed E-state index contributed by atoms with van der Waals surface area (Å²) >= 11 is 0.631. The lowest BCUT2D eigenvalue weighted by Gasteiger charge is -2.10. The van der Waals surface area contributed by atoms with Gasteiger partial charge in [-0.05, 0) is 25.0 Å². The molecule has 7 nitrogen and oxygen atoms in total. The van der Waals surface area contributed by atoms with Gasteiger partial charge in [-0.1, -0.05) is 0 Å². The van der Waals surface area contributed by atoms with E-state index in [1.54, 1.807) is 0 Å². The summed E-state index contributed by atoms with van der Waals surface area (Å²) in [5.41, 5.74) is 0. The van der Waals surface area contributed by atoms with Crippen LogP contribution in [-0.4, -0.2) is 45.5 Å². The Morgan fingerprint density at radius 3 is 2.65 bits per heavy atom. The molecule has 0 aliphatic carbocycles. The van der Waals surface area contributed by atoms with Crippen molar-refractivity contribution in [2.24, 2.45) is 0 Å². The second-order valence-corrected chi connectivity index (χ2v) is 9.89. The van der Waals surface area contributed by atoms with Crippen LogP contribution < -0.4 is 4.72 Å². The summed E-state index contributed by atoms with van der Waals surface area (Å²) in [6.07, 6.45) is 0.979. The van der Waals surface area contributed by atoms with E-state index >= 15 is 0 Å². The van der Waals surface area contributed by atoms with Crippen LogP contribution in [-0.2, 0) is 19.9 Å². The molecule has 1 aromatic heterocycles. The topological polar surface area (TPSA) is 118 Å². The van der Waals surface area contributed by atoms with Crippen molar-refractivity contribution in [3.8, 4) is 0 Å². The van der Waals surface area contributed by atoms with Gasteiger partial charge >= 0.3 is 5.97 Å². The Morgan fingerprint density at radius 2 is 2.15 bits per heavy atom. The van der Waals surface area contributed by atoms with E-state index in [0.29, 0.717) is 24.2 Å². The van der Waals surface area contributed by atoms with Crippen molar-refractivity contribution in [3.63, 3.8) is 0 Å². The average molecular weight is 339 g/mol. The van der Waals surface area contributed by atoms with Gasteiger partial charge < -0.3 is 5.11 Å². The first-order chi connectivity index (χ1) is 9.22. The van der Waals surface area contributed by atoms with Crippen molar-refractivity contribution in [3.05, 3.63) is 17.0 Å². The van der Waals surface area contributed by atoms with E-state index in [0.717, 1.165) is 0 Å². The van der Waals surface area contributed by atoms with E-state index in [-0.39, 0.29) is 21.4 Å². The summed E-state index contributed by atoms with van der Waals surface area (Å²) in [6, 6.07) is 2.40. The number of sulfonamides is 1. The van der Waals surface area contributed by atoms with E-state index in [4.69, 9.17) is 5.11 Å². The number of carboxylic acids is 1. The van der Waals surface area contributed by atoms with Gasteiger partial charge in [0.2, 0.25) is 10.0 Å². The van der Waals surface area contributed by atoms with Crippen LogP contribution in [0.15, 0.2) is 16.3 Å². The Morgan fingerprint density at radius 1 is 1.45 bits per heavy atom. The molecule has 0 amide bonds. The van der Waals surface area contributed by atoms with Crippen LogP contribution in [0.25, 0.3) is 0 Å². The van der Waals surface area contributed by atoms with Gasteiger partial charge in [0.05, 0.1) is 11.0 Å². The van der Waals surface area contributed by atoms with Gasteiger partial charge in [0.1, 0.15) is 9.09 Å². The molecule has 2 heterocycles. The van der Waals surface area contributed by atoms with Crippen LogP contribution in [0, 0.1) is 0 Å². The zero-order valence-corrected chi connectivity index (χ0v) is 12.7. The van der Waals surface area contributed by atoms with Crippen molar-refractivity contribution < 1.29 is 26.7 Å². The molecule has 112 valence electrons. The molecular formula is C10H13NO6S3. The minimum absolute atomic E-state index is 0.0844. The van der Waals surface area contributed by atoms with Crippen LogP contribution in [0.4, 0.5) is 0 Å². The van der Waals surface area contributed by atoms with Gasteiger partial charge in [-0.25, -0.2) is 26.4 Å². The first kappa shape index (κ1) is 15.4. The fourth-order valence-corrected chi connectivity index (χ4v) is 6.08.